The number of ether oxygens (including phenoxy) is 2. The number of fused-ring (bicyclic) bond motifs is 2. The summed E-state index contributed by atoms with van der Waals surface area (Å²) in [5, 5.41) is 0. The Kier molecular flexibility index (Phi) is 4.35. The van der Waals surface area contributed by atoms with E-state index in [1.807, 2.05) is 65.5 Å². The maximum Gasteiger partial charge on any atom is 0.261 e. The normalized spacial score (nSPS) is 26.4. The summed E-state index contributed by atoms with van der Waals surface area (Å²) < 4.78 is 14.2. The molecule has 0 saturated carbocycles. The van der Waals surface area contributed by atoms with Gasteiger partial charge in [-0.25, -0.2) is 9.98 Å². The maximum atomic E-state index is 13.6. The van der Waals surface area contributed by atoms with E-state index in [9.17, 15) is 4.79 Å². The van der Waals surface area contributed by atoms with Gasteiger partial charge < -0.3 is 19.8 Å². The highest BCUT2D eigenvalue weighted by Gasteiger charge is 2.58. The Balaban J connectivity index is 1.49. The van der Waals surface area contributed by atoms with Crippen molar-refractivity contribution in [3.8, 4) is 22.8 Å². The third kappa shape index (κ3) is 3.05. The first-order chi connectivity index (χ1) is 16.0. The average molecular weight is 444 g/mol. The van der Waals surface area contributed by atoms with Gasteiger partial charge in [0.1, 0.15) is 17.2 Å². The van der Waals surface area contributed by atoms with E-state index in [1.54, 1.807) is 7.05 Å². The van der Waals surface area contributed by atoms with Gasteiger partial charge in [0.15, 0.2) is 11.5 Å². The van der Waals surface area contributed by atoms with Crippen molar-refractivity contribution in [2.24, 2.45) is 10.7 Å². The number of hydrogen-bond donors (Lipinski definition) is 1. The molecular formula is C25H25N5O3. The predicted molar refractivity (Wildman–Crippen MR) is 123 cm³/mol. The monoisotopic (exact) mass is 443 g/mol. The van der Waals surface area contributed by atoms with Crippen molar-refractivity contribution in [1.29, 1.82) is 0 Å². The smallest absolute Gasteiger partial charge is 0.261 e. The molecule has 2 unspecified atom stereocenters. The first-order valence-corrected chi connectivity index (χ1v) is 11.2. The van der Waals surface area contributed by atoms with Crippen LogP contribution in [-0.4, -0.2) is 52.2 Å². The minimum absolute atomic E-state index is 0.138. The highest BCUT2D eigenvalue weighted by atomic mass is 16.5. The van der Waals surface area contributed by atoms with E-state index < -0.39 is 11.1 Å². The summed E-state index contributed by atoms with van der Waals surface area (Å²) in [5.41, 5.74) is 6.84. The highest BCUT2D eigenvalue weighted by Crippen LogP contribution is 2.51. The molecule has 3 aliphatic heterocycles. The third-order valence-electron chi connectivity index (χ3n) is 6.82. The molecule has 1 saturated heterocycles. The largest absolute Gasteiger partial charge is 0.484 e. The predicted octanol–water partition coefficient (Wildman–Crippen LogP) is 2.85. The zero-order valence-electron chi connectivity index (χ0n) is 18.4. The van der Waals surface area contributed by atoms with Gasteiger partial charge >= 0.3 is 0 Å². The van der Waals surface area contributed by atoms with Gasteiger partial charge in [0.2, 0.25) is 0 Å². The summed E-state index contributed by atoms with van der Waals surface area (Å²) in [7, 11) is 1.67. The Morgan fingerprint density at radius 3 is 2.70 bits per heavy atom. The molecule has 1 aromatic carbocycles. The lowest BCUT2D eigenvalue weighted by Gasteiger charge is -2.46. The standard InChI is InChI=1S/C25H25N5O3/c1-29-22(31)25(28-23(29)26)15-24(10-5-13-32-16-24)33-20-9-8-17(14-18(20)25)19-6-4-7-21(27-19)30-11-2-3-12-30/h2-4,6-9,11-12,14H,5,10,13,15-16H2,1H3,(H2,26,28). The fourth-order valence-corrected chi connectivity index (χ4v) is 5.18. The Labute approximate surface area is 191 Å². The van der Waals surface area contributed by atoms with Crippen LogP contribution in [-0.2, 0) is 15.1 Å². The van der Waals surface area contributed by atoms with Crippen LogP contribution in [0.3, 0.4) is 0 Å². The lowest BCUT2D eigenvalue weighted by Crippen LogP contribution is -2.55. The SMILES string of the molecule is CN1C(=O)C2(CC3(CCCOC3)Oc3ccc(-c4cccc(-n5cccc5)n4)cc32)N=C1N. The van der Waals surface area contributed by atoms with Gasteiger partial charge in [-0.1, -0.05) is 6.07 Å². The van der Waals surface area contributed by atoms with Gasteiger partial charge in [-0.15, -0.1) is 0 Å². The molecule has 8 heteroatoms. The Bertz CT molecular complexity index is 1260. The molecule has 33 heavy (non-hydrogen) atoms. The van der Waals surface area contributed by atoms with Gasteiger partial charge in [-0.2, -0.15) is 0 Å². The Hall–Kier alpha value is -3.65. The summed E-state index contributed by atoms with van der Waals surface area (Å²) in [6.07, 6.45) is 6.00. The maximum absolute atomic E-state index is 13.6. The molecule has 2 spiro atoms. The molecule has 168 valence electrons. The van der Waals surface area contributed by atoms with Crippen molar-refractivity contribution in [1.82, 2.24) is 14.5 Å². The number of likely N-dealkylation sites (N-methyl/N-ethyl adjacent to an activating group) is 1. The average Bonchev–Trinajstić information content (AvgIpc) is 3.44. The molecule has 8 nitrogen and oxygen atoms in total. The fraction of sp³-hybridized carbons (Fsp3) is 0.320. The van der Waals surface area contributed by atoms with Crippen LogP contribution < -0.4 is 10.5 Å². The Morgan fingerprint density at radius 2 is 1.97 bits per heavy atom. The number of carbonyl (C=O) groups excluding carboxylic acids is 1. The van der Waals surface area contributed by atoms with Gasteiger partial charge in [-0.3, -0.25) is 9.69 Å². The molecule has 0 bridgehead atoms. The summed E-state index contributed by atoms with van der Waals surface area (Å²) in [4.78, 5) is 24.6. The Morgan fingerprint density at radius 1 is 1.12 bits per heavy atom. The number of benzene rings is 1. The number of carbonyl (C=O) groups is 1. The minimum atomic E-state index is -1.12. The number of pyridine rings is 1. The molecule has 2 atom stereocenters. The summed E-state index contributed by atoms with van der Waals surface area (Å²) in [6.45, 7) is 1.13. The van der Waals surface area contributed by atoms with Gasteiger partial charge in [-0.05, 0) is 55.3 Å². The molecule has 2 N–H and O–H groups in total. The number of rotatable bonds is 2. The molecule has 6 rings (SSSR count). The molecule has 2 aromatic heterocycles. The zero-order valence-corrected chi connectivity index (χ0v) is 18.4. The molecule has 5 heterocycles. The van der Waals surface area contributed by atoms with Crippen LogP contribution in [0.15, 0.2) is 65.9 Å². The highest BCUT2D eigenvalue weighted by molar-refractivity contribution is 6.07. The van der Waals surface area contributed by atoms with Crippen molar-refractivity contribution in [2.45, 2.75) is 30.4 Å². The summed E-state index contributed by atoms with van der Waals surface area (Å²) in [5.74, 6) is 1.55. The van der Waals surface area contributed by atoms with Crippen molar-refractivity contribution in [2.75, 3.05) is 20.3 Å². The molecule has 0 radical (unpaired) electrons. The minimum Gasteiger partial charge on any atom is -0.484 e. The molecule has 3 aromatic rings. The molecule has 1 fully saturated rings. The number of nitrogens with zero attached hydrogens (tertiary/aromatic N) is 4. The van der Waals surface area contributed by atoms with Crippen molar-refractivity contribution in [3.05, 3.63) is 66.5 Å². The van der Waals surface area contributed by atoms with E-state index in [0.29, 0.717) is 25.4 Å². The van der Waals surface area contributed by atoms with Gasteiger partial charge in [0, 0.05) is 43.6 Å². The number of nitrogens with two attached hydrogens (primary N) is 1. The van der Waals surface area contributed by atoms with E-state index in [4.69, 9.17) is 25.2 Å². The molecular weight excluding hydrogens is 418 g/mol. The lowest BCUT2D eigenvalue weighted by atomic mass is 9.74. The third-order valence-corrected chi connectivity index (χ3v) is 6.82. The quantitative estimate of drug-likeness (QED) is 0.657. The number of aromatic nitrogens is 2. The zero-order chi connectivity index (χ0) is 22.6. The molecule has 0 aliphatic carbocycles. The summed E-state index contributed by atoms with van der Waals surface area (Å²) >= 11 is 0. The van der Waals surface area contributed by atoms with Crippen LogP contribution in [0.2, 0.25) is 0 Å². The number of guanidine groups is 1. The van der Waals surface area contributed by atoms with Crippen molar-refractivity contribution >= 4 is 11.9 Å². The van der Waals surface area contributed by atoms with Crippen molar-refractivity contribution < 1.29 is 14.3 Å². The van der Waals surface area contributed by atoms with Crippen LogP contribution in [0.5, 0.6) is 5.75 Å². The summed E-state index contributed by atoms with van der Waals surface area (Å²) in [6, 6.07) is 15.7. The second-order valence-electron chi connectivity index (χ2n) is 8.99. The second kappa shape index (κ2) is 7.18. The second-order valence-corrected chi connectivity index (χ2v) is 8.99. The number of amides is 1. The number of hydrogen-bond acceptors (Lipinski definition) is 6. The van der Waals surface area contributed by atoms with Crippen LogP contribution in [0, 0.1) is 0 Å². The van der Waals surface area contributed by atoms with Crippen molar-refractivity contribution in [3.63, 3.8) is 0 Å². The van der Waals surface area contributed by atoms with E-state index in [0.717, 1.165) is 35.5 Å². The first kappa shape index (κ1) is 20.0. The molecule has 3 aliphatic rings. The molecule has 1 amide bonds. The van der Waals surface area contributed by atoms with E-state index in [1.165, 1.54) is 4.90 Å². The van der Waals surface area contributed by atoms with Gasteiger partial charge in [0.05, 0.1) is 12.3 Å². The topological polar surface area (TPSA) is 95.0 Å². The van der Waals surface area contributed by atoms with E-state index in [2.05, 4.69) is 0 Å². The van der Waals surface area contributed by atoms with E-state index in [-0.39, 0.29) is 11.9 Å². The van der Waals surface area contributed by atoms with Gasteiger partial charge in [0.25, 0.3) is 5.91 Å². The van der Waals surface area contributed by atoms with Crippen LogP contribution in [0.4, 0.5) is 0 Å². The fourth-order valence-electron chi connectivity index (χ4n) is 5.18. The number of aliphatic imine (C=N–C) groups is 1. The van der Waals surface area contributed by atoms with E-state index >= 15 is 0 Å². The van der Waals surface area contributed by atoms with Crippen LogP contribution >= 0.6 is 0 Å². The lowest BCUT2D eigenvalue weighted by molar-refractivity contribution is -0.139. The first-order valence-electron chi connectivity index (χ1n) is 11.2. The van der Waals surface area contributed by atoms with Crippen LogP contribution in [0.1, 0.15) is 24.8 Å². The van der Waals surface area contributed by atoms with Crippen LogP contribution in [0.25, 0.3) is 17.1 Å².